The molecule has 0 spiro atoms. The maximum Gasteiger partial charge on any atom is 0.217 e. The number of carbonyl (C=O) groups is 1. The molecule has 1 saturated carbocycles. The van der Waals surface area contributed by atoms with Gasteiger partial charge in [-0.1, -0.05) is 11.3 Å². The third kappa shape index (κ3) is 4.37. The Hall–Kier alpha value is -4.08. The van der Waals surface area contributed by atoms with E-state index in [2.05, 4.69) is 36.9 Å². The number of nitriles is 1. The van der Waals surface area contributed by atoms with Crippen molar-refractivity contribution in [2.24, 2.45) is 11.8 Å². The largest absolute Gasteiger partial charge is 0.377 e. The van der Waals surface area contributed by atoms with E-state index in [-0.39, 0.29) is 18.0 Å². The highest BCUT2D eigenvalue weighted by molar-refractivity contribution is 7.18. The average Bonchev–Trinajstić information content (AvgIpc) is 3.61. The Morgan fingerprint density at radius 3 is 2.69 bits per heavy atom. The molecule has 2 aliphatic heterocycles. The molecule has 11 nitrogen and oxygen atoms in total. The lowest BCUT2D eigenvalue weighted by molar-refractivity contribution is -0.120. The van der Waals surface area contributed by atoms with Gasteiger partial charge in [0.1, 0.15) is 6.07 Å². The molecule has 2 N–H and O–H groups in total. The van der Waals surface area contributed by atoms with Crippen molar-refractivity contribution in [1.29, 1.82) is 5.26 Å². The van der Waals surface area contributed by atoms with Crippen molar-refractivity contribution in [2.75, 3.05) is 36.5 Å². The number of hydrogen-bond acceptors (Lipinski definition) is 10. The quantitative estimate of drug-likeness (QED) is 0.378. The summed E-state index contributed by atoms with van der Waals surface area (Å²) in [4.78, 5) is 18.8. The Morgan fingerprint density at radius 2 is 1.97 bits per heavy atom. The number of pyridine rings is 1. The Labute approximate surface area is 228 Å². The highest BCUT2D eigenvalue weighted by Gasteiger charge is 2.43. The van der Waals surface area contributed by atoms with Gasteiger partial charge in [0.25, 0.3) is 0 Å². The predicted molar refractivity (Wildman–Crippen MR) is 146 cm³/mol. The van der Waals surface area contributed by atoms with E-state index in [1.165, 1.54) is 0 Å². The van der Waals surface area contributed by atoms with E-state index in [9.17, 15) is 10.1 Å². The van der Waals surface area contributed by atoms with Gasteiger partial charge in [0, 0.05) is 37.9 Å². The zero-order valence-electron chi connectivity index (χ0n) is 21.4. The summed E-state index contributed by atoms with van der Waals surface area (Å²) in [5, 5.41) is 31.3. The Kier molecular flexibility index (Phi) is 5.90. The lowest BCUT2D eigenvalue weighted by Crippen LogP contribution is -2.52. The van der Waals surface area contributed by atoms with Crippen LogP contribution in [0.1, 0.15) is 25.3 Å². The first-order valence-corrected chi connectivity index (χ1v) is 14.0. The molecule has 7 rings (SSSR count). The number of rotatable bonds is 6. The molecule has 0 aromatic carbocycles. The molecule has 3 aliphatic rings. The monoisotopic (exact) mass is 541 g/mol. The highest BCUT2D eigenvalue weighted by Crippen LogP contribution is 2.41. The first kappa shape index (κ1) is 24.0. The molecular formula is C27H27N9O2S. The van der Waals surface area contributed by atoms with Crippen molar-refractivity contribution >= 4 is 33.6 Å². The van der Waals surface area contributed by atoms with Gasteiger partial charge in [-0.3, -0.25) is 9.78 Å². The van der Waals surface area contributed by atoms with Crippen LogP contribution in [0.2, 0.25) is 0 Å². The number of nitrogens with one attached hydrogen (secondary N) is 2. The minimum absolute atomic E-state index is 0.0484. The fraction of sp³-hybridized carbons (Fsp3) is 0.407. The van der Waals surface area contributed by atoms with Crippen molar-refractivity contribution in [3.8, 4) is 28.0 Å². The van der Waals surface area contributed by atoms with E-state index in [1.54, 1.807) is 29.0 Å². The second-order valence-corrected chi connectivity index (χ2v) is 11.5. The minimum atomic E-state index is 0.0484. The number of anilines is 2. The van der Waals surface area contributed by atoms with Crippen LogP contribution < -0.4 is 15.5 Å². The van der Waals surface area contributed by atoms with Gasteiger partial charge in [-0.2, -0.15) is 10.4 Å². The van der Waals surface area contributed by atoms with Crippen molar-refractivity contribution < 1.29 is 9.53 Å². The Bertz CT molecular complexity index is 1590. The van der Waals surface area contributed by atoms with Crippen LogP contribution in [0.5, 0.6) is 0 Å². The fourth-order valence-electron chi connectivity index (χ4n) is 5.98. The Balaban J connectivity index is 1.19. The molecule has 39 heavy (non-hydrogen) atoms. The van der Waals surface area contributed by atoms with Crippen LogP contribution in [0.4, 0.5) is 10.8 Å². The van der Waals surface area contributed by atoms with E-state index in [0.717, 1.165) is 64.2 Å². The predicted octanol–water partition coefficient (Wildman–Crippen LogP) is 2.95. The number of amides is 1. The van der Waals surface area contributed by atoms with Crippen LogP contribution in [0, 0.1) is 23.2 Å². The molecule has 6 heterocycles. The SMILES string of the molecule is CC(=O)N[C@@H]1[C@@H]2CC[C@H]1CN(c1nnc(-c3cnc(-c4ccc5cc(C#N)cnn45)cc3NC3COC3)s1)C2. The third-order valence-electron chi connectivity index (χ3n) is 7.91. The molecule has 3 fully saturated rings. The summed E-state index contributed by atoms with van der Waals surface area (Å²) < 4.78 is 7.19. The van der Waals surface area contributed by atoms with Gasteiger partial charge in [-0.25, -0.2) is 4.52 Å². The van der Waals surface area contributed by atoms with Gasteiger partial charge in [0.2, 0.25) is 11.0 Å². The molecule has 2 saturated heterocycles. The number of fused-ring (bicyclic) bond motifs is 3. The topological polar surface area (TPSA) is 133 Å². The van der Waals surface area contributed by atoms with E-state index < -0.39 is 0 Å². The van der Waals surface area contributed by atoms with Crippen molar-refractivity contribution in [3.63, 3.8) is 0 Å². The highest BCUT2D eigenvalue weighted by atomic mass is 32.1. The molecule has 12 heteroatoms. The molecule has 0 unspecified atom stereocenters. The first-order chi connectivity index (χ1) is 19.1. The summed E-state index contributed by atoms with van der Waals surface area (Å²) in [5.74, 6) is 0.922. The van der Waals surface area contributed by atoms with Crippen LogP contribution in [0.25, 0.3) is 27.5 Å². The van der Waals surface area contributed by atoms with Crippen LogP contribution in [0.15, 0.2) is 36.7 Å². The number of piperidine rings is 1. The lowest BCUT2D eigenvalue weighted by atomic mass is 9.92. The van der Waals surface area contributed by atoms with Crippen molar-refractivity contribution in [3.05, 3.63) is 42.2 Å². The summed E-state index contributed by atoms with van der Waals surface area (Å²) >= 11 is 1.57. The maximum atomic E-state index is 11.7. The molecule has 4 aromatic heterocycles. The van der Waals surface area contributed by atoms with Gasteiger partial charge < -0.3 is 20.3 Å². The number of hydrogen-bond donors (Lipinski definition) is 2. The lowest BCUT2D eigenvalue weighted by Gasteiger charge is -2.37. The van der Waals surface area contributed by atoms with Crippen LogP contribution in [-0.2, 0) is 9.53 Å². The van der Waals surface area contributed by atoms with Gasteiger partial charge in [-0.05, 0) is 48.9 Å². The van der Waals surface area contributed by atoms with Gasteiger partial charge in [0.05, 0.1) is 53.5 Å². The molecule has 0 radical (unpaired) electrons. The number of nitrogens with zero attached hydrogens (tertiary/aromatic N) is 7. The fourth-order valence-corrected chi connectivity index (χ4v) is 6.87. The van der Waals surface area contributed by atoms with E-state index in [0.29, 0.717) is 30.6 Å². The van der Waals surface area contributed by atoms with Crippen molar-refractivity contribution in [2.45, 2.75) is 31.8 Å². The van der Waals surface area contributed by atoms with Crippen LogP contribution in [-0.4, -0.2) is 69.1 Å². The molecule has 2 bridgehead atoms. The zero-order valence-corrected chi connectivity index (χ0v) is 22.2. The van der Waals surface area contributed by atoms with Gasteiger partial charge in [0.15, 0.2) is 5.01 Å². The molecular weight excluding hydrogens is 514 g/mol. The maximum absolute atomic E-state index is 11.7. The summed E-state index contributed by atoms with van der Waals surface area (Å²) in [6, 6.07) is 10.3. The van der Waals surface area contributed by atoms with E-state index >= 15 is 0 Å². The standard InChI is InChI=1S/C27H27N9O2S/c1-15(37)31-25-17-2-3-18(25)12-35(11-17)27-34-33-26(39-27)21-10-29-23(7-22(21)32-19-13-38-14-19)24-5-4-20-6-16(8-28)9-30-36(20)24/h4-7,9-10,17-19,25H,2-3,11-14H2,1H3,(H,29,32)(H,31,37)/t17-,18+,25-. The summed E-state index contributed by atoms with van der Waals surface area (Å²) in [7, 11) is 0. The number of carbonyl (C=O) groups excluding carboxylic acids is 1. The van der Waals surface area contributed by atoms with Gasteiger partial charge in [-0.15, -0.1) is 10.2 Å². The van der Waals surface area contributed by atoms with Crippen molar-refractivity contribution in [1.82, 2.24) is 30.1 Å². The third-order valence-corrected chi connectivity index (χ3v) is 8.93. The average molecular weight is 542 g/mol. The minimum Gasteiger partial charge on any atom is -0.377 e. The molecule has 1 amide bonds. The number of aromatic nitrogens is 5. The van der Waals surface area contributed by atoms with Crippen LogP contribution in [0.3, 0.4) is 0 Å². The Morgan fingerprint density at radius 1 is 1.15 bits per heavy atom. The van der Waals surface area contributed by atoms with E-state index in [1.807, 2.05) is 30.5 Å². The van der Waals surface area contributed by atoms with Crippen LogP contribution >= 0.6 is 11.3 Å². The summed E-state index contributed by atoms with van der Waals surface area (Å²) in [6.45, 7) is 4.65. The second kappa shape index (κ2) is 9.59. The molecule has 1 aliphatic carbocycles. The van der Waals surface area contributed by atoms with Gasteiger partial charge >= 0.3 is 0 Å². The first-order valence-electron chi connectivity index (χ1n) is 13.1. The zero-order chi connectivity index (χ0) is 26.5. The molecule has 198 valence electrons. The second-order valence-electron chi connectivity index (χ2n) is 10.5. The smallest absolute Gasteiger partial charge is 0.217 e. The summed E-state index contributed by atoms with van der Waals surface area (Å²) in [5.41, 5.74) is 4.77. The van der Waals surface area contributed by atoms with E-state index in [4.69, 9.17) is 9.72 Å². The number of ether oxygens (including phenoxy) is 1. The summed E-state index contributed by atoms with van der Waals surface area (Å²) in [6.07, 6.45) is 5.66. The molecule has 3 atom stereocenters. The normalized spacial score (nSPS) is 22.5. The molecule has 4 aromatic rings.